The summed E-state index contributed by atoms with van der Waals surface area (Å²) in [6.45, 7) is 8.07. The summed E-state index contributed by atoms with van der Waals surface area (Å²) in [7, 11) is 1.87. The van der Waals surface area contributed by atoms with E-state index < -0.39 is 0 Å². The zero-order valence-electron chi connectivity index (χ0n) is 17.9. The summed E-state index contributed by atoms with van der Waals surface area (Å²) >= 11 is 0. The Morgan fingerprint density at radius 2 is 2.11 bits per heavy atom. The van der Waals surface area contributed by atoms with Gasteiger partial charge in [-0.25, -0.2) is 9.67 Å². The first-order valence-corrected chi connectivity index (χ1v) is 11.1. The average molecular weight is 389 g/mol. The van der Waals surface area contributed by atoms with Crippen LogP contribution in [0.5, 0.6) is 0 Å². The molecule has 0 bridgehead atoms. The molecule has 0 radical (unpaired) electrons. The van der Waals surface area contributed by atoms with E-state index in [9.17, 15) is 0 Å². The first kappa shape index (κ1) is 19.7. The second-order valence-corrected chi connectivity index (χ2v) is 8.99. The lowest BCUT2D eigenvalue weighted by Gasteiger charge is -2.54. The van der Waals surface area contributed by atoms with Crippen LogP contribution in [0.3, 0.4) is 0 Å². The molecule has 1 spiro atoms. The van der Waals surface area contributed by atoms with E-state index in [2.05, 4.69) is 41.1 Å². The second kappa shape index (κ2) is 8.01. The van der Waals surface area contributed by atoms with E-state index in [1.165, 1.54) is 25.7 Å². The van der Waals surface area contributed by atoms with Gasteiger partial charge in [0.15, 0.2) is 11.8 Å². The molecule has 1 aromatic rings. The van der Waals surface area contributed by atoms with Crippen molar-refractivity contribution in [1.29, 1.82) is 0 Å². The molecule has 1 aromatic heterocycles. The van der Waals surface area contributed by atoms with E-state index in [4.69, 9.17) is 14.8 Å². The smallest absolute Gasteiger partial charge is 0.191 e. The minimum atomic E-state index is 0.311. The van der Waals surface area contributed by atoms with Gasteiger partial charge in [0.1, 0.15) is 5.82 Å². The molecule has 2 heterocycles. The number of hydrogen-bond acceptors (Lipinski definition) is 4. The largest absolute Gasteiger partial charge is 0.378 e. The summed E-state index contributed by atoms with van der Waals surface area (Å²) in [6.07, 6.45) is 8.73. The third kappa shape index (κ3) is 3.53. The maximum absolute atomic E-state index is 6.05. The van der Waals surface area contributed by atoms with E-state index in [0.29, 0.717) is 29.5 Å². The Kier molecular flexibility index (Phi) is 5.63. The Hall–Kier alpha value is -1.63. The van der Waals surface area contributed by atoms with Gasteiger partial charge >= 0.3 is 0 Å². The van der Waals surface area contributed by atoms with Gasteiger partial charge in [-0.1, -0.05) is 26.7 Å². The van der Waals surface area contributed by atoms with Gasteiger partial charge in [0.05, 0.1) is 12.6 Å². The highest BCUT2D eigenvalue weighted by Crippen LogP contribution is 2.54. The molecule has 7 heteroatoms. The van der Waals surface area contributed by atoms with Gasteiger partial charge in [0, 0.05) is 43.5 Å². The Balaban J connectivity index is 1.36. The lowest BCUT2D eigenvalue weighted by molar-refractivity contribution is -0.125. The number of aliphatic imine (C=N–C) groups is 1. The van der Waals surface area contributed by atoms with Crippen LogP contribution in [0.2, 0.25) is 0 Å². The van der Waals surface area contributed by atoms with Gasteiger partial charge in [-0.3, -0.25) is 4.99 Å². The van der Waals surface area contributed by atoms with Crippen LogP contribution in [-0.4, -0.2) is 52.6 Å². The maximum Gasteiger partial charge on any atom is 0.191 e. The van der Waals surface area contributed by atoms with Crippen molar-refractivity contribution in [3.8, 4) is 0 Å². The zero-order chi connectivity index (χ0) is 19.7. The monoisotopic (exact) mass is 388 g/mol. The molecule has 2 fully saturated rings. The van der Waals surface area contributed by atoms with Crippen molar-refractivity contribution in [1.82, 2.24) is 25.4 Å². The van der Waals surface area contributed by atoms with E-state index in [0.717, 1.165) is 50.0 Å². The highest BCUT2D eigenvalue weighted by Gasteiger charge is 2.57. The van der Waals surface area contributed by atoms with Crippen LogP contribution in [0.4, 0.5) is 0 Å². The van der Waals surface area contributed by atoms with Gasteiger partial charge < -0.3 is 15.4 Å². The zero-order valence-corrected chi connectivity index (χ0v) is 17.9. The molecule has 0 amide bonds. The number of aromatic nitrogens is 3. The van der Waals surface area contributed by atoms with Crippen LogP contribution in [0.1, 0.15) is 76.9 Å². The topological polar surface area (TPSA) is 76.4 Å². The molecule has 3 atom stereocenters. The molecular formula is C21H36N6O. The highest BCUT2D eigenvalue weighted by atomic mass is 16.5. The standard InChI is InChI=1S/C21H36N6O/c1-5-28-17-12-16(21(17)10-6-7-11-21)24-20(22-4)23-15-8-9-18-25-19(14(2)3)26-27(18)13-15/h14-17H,5-13H2,1-4H3,(H2,22,23,24). The Labute approximate surface area is 168 Å². The third-order valence-electron chi connectivity index (χ3n) is 6.95. The van der Waals surface area contributed by atoms with Gasteiger partial charge in [0.2, 0.25) is 0 Å². The van der Waals surface area contributed by atoms with Gasteiger partial charge in [-0.2, -0.15) is 5.10 Å². The number of guanidine groups is 1. The average Bonchev–Trinajstić information content (AvgIpc) is 3.34. The summed E-state index contributed by atoms with van der Waals surface area (Å²) < 4.78 is 8.13. The Morgan fingerprint density at radius 1 is 1.32 bits per heavy atom. The maximum atomic E-state index is 6.05. The van der Waals surface area contributed by atoms with Gasteiger partial charge in [-0.15, -0.1) is 0 Å². The molecule has 7 nitrogen and oxygen atoms in total. The molecule has 4 rings (SSSR count). The highest BCUT2D eigenvalue weighted by molar-refractivity contribution is 5.80. The summed E-state index contributed by atoms with van der Waals surface area (Å²) in [5.74, 6) is 3.37. The molecule has 2 saturated carbocycles. The van der Waals surface area contributed by atoms with E-state index in [-0.39, 0.29) is 0 Å². The quantitative estimate of drug-likeness (QED) is 0.599. The molecule has 1 aliphatic heterocycles. The molecule has 3 unspecified atom stereocenters. The van der Waals surface area contributed by atoms with Crippen LogP contribution in [0, 0.1) is 5.41 Å². The summed E-state index contributed by atoms with van der Waals surface area (Å²) in [4.78, 5) is 9.22. The van der Waals surface area contributed by atoms with Crippen molar-refractivity contribution in [3.63, 3.8) is 0 Å². The minimum absolute atomic E-state index is 0.311. The van der Waals surface area contributed by atoms with Crippen LogP contribution in [0.15, 0.2) is 4.99 Å². The first-order chi connectivity index (χ1) is 13.6. The predicted octanol–water partition coefficient (Wildman–Crippen LogP) is 2.62. The molecule has 156 valence electrons. The van der Waals surface area contributed by atoms with Gasteiger partial charge in [0.25, 0.3) is 0 Å². The van der Waals surface area contributed by atoms with Crippen LogP contribution < -0.4 is 10.6 Å². The molecule has 2 aliphatic carbocycles. The SMILES string of the molecule is CCOC1CC(NC(=NC)NC2CCc3nc(C(C)C)nn3C2)C12CCCC2. The number of fused-ring (bicyclic) bond motifs is 1. The lowest BCUT2D eigenvalue weighted by atomic mass is 9.60. The molecule has 3 aliphatic rings. The van der Waals surface area contributed by atoms with Crippen molar-refractivity contribution in [2.24, 2.45) is 10.4 Å². The fraction of sp³-hybridized carbons (Fsp3) is 0.857. The van der Waals surface area contributed by atoms with Gasteiger partial charge in [-0.05, 0) is 32.6 Å². The Morgan fingerprint density at radius 3 is 2.79 bits per heavy atom. The van der Waals surface area contributed by atoms with Crippen molar-refractivity contribution in [2.45, 2.75) is 96.4 Å². The summed E-state index contributed by atoms with van der Waals surface area (Å²) in [5, 5.41) is 12.1. The Bertz CT molecular complexity index is 706. The fourth-order valence-corrected chi connectivity index (χ4v) is 5.31. The fourth-order valence-electron chi connectivity index (χ4n) is 5.31. The molecule has 0 aromatic carbocycles. The minimum Gasteiger partial charge on any atom is -0.378 e. The number of rotatable bonds is 5. The molecular weight excluding hydrogens is 352 g/mol. The predicted molar refractivity (Wildman–Crippen MR) is 111 cm³/mol. The van der Waals surface area contributed by atoms with Crippen LogP contribution in [0.25, 0.3) is 0 Å². The number of nitrogens with one attached hydrogen (secondary N) is 2. The van der Waals surface area contributed by atoms with Crippen LogP contribution >= 0.6 is 0 Å². The molecule has 0 saturated heterocycles. The third-order valence-corrected chi connectivity index (χ3v) is 6.95. The van der Waals surface area contributed by atoms with Crippen molar-refractivity contribution < 1.29 is 4.74 Å². The second-order valence-electron chi connectivity index (χ2n) is 8.99. The number of aryl methyl sites for hydroxylation is 1. The first-order valence-electron chi connectivity index (χ1n) is 11.1. The lowest BCUT2D eigenvalue weighted by Crippen LogP contribution is -2.65. The number of nitrogens with zero attached hydrogens (tertiary/aromatic N) is 4. The number of ether oxygens (including phenoxy) is 1. The summed E-state index contributed by atoms with van der Waals surface area (Å²) in [5.41, 5.74) is 0.311. The number of hydrogen-bond donors (Lipinski definition) is 2. The van der Waals surface area contributed by atoms with Crippen LogP contribution in [-0.2, 0) is 17.7 Å². The molecule has 28 heavy (non-hydrogen) atoms. The van der Waals surface area contributed by atoms with E-state index >= 15 is 0 Å². The van der Waals surface area contributed by atoms with Crippen molar-refractivity contribution >= 4 is 5.96 Å². The van der Waals surface area contributed by atoms with E-state index in [1.807, 2.05) is 7.05 Å². The molecule has 2 N–H and O–H groups in total. The van der Waals surface area contributed by atoms with E-state index in [1.54, 1.807) is 0 Å². The summed E-state index contributed by atoms with van der Waals surface area (Å²) in [6, 6.07) is 0.804. The normalized spacial score (nSPS) is 29.0. The van der Waals surface area contributed by atoms with Crippen molar-refractivity contribution in [2.75, 3.05) is 13.7 Å². The van der Waals surface area contributed by atoms with Crippen molar-refractivity contribution in [3.05, 3.63) is 11.6 Å².